The molecule has 0 atom stereocenters. The van der Waals surface area contributed by atoms with Gasteiger partial charge in [-0.3, -0.25) is 0 Å². The highest BCUT2D eigenvalue weighted by Gasteiger charge is 2.37. The summed E-state index contributed by atoms with van der Waals surface area (Å²) < 4.78 is 38.5. The first kappa shape index (κ1) is 12.7. The molecule has 17 heavy (non-hydrogen) atoms. The van der Waals surface area contributed by atoms with Crippen LogP contribution in [0.15, 0.2) is 22.7 Å². The van der Waals surface area contributed by atoms with Gasteiger partial charge in [-0.2, -0.15) is 13.2 Å². The van der Waals surface area contributed by atoms with E-state index in [1.807, 2.05) is 4.90 Å². The lowest BCUT2D eigenvalue weighted by Crippen LogP contribution is -2.53. The maximum Gasteiger partial charge on any atom is 0.416 e. The van der Waals surface area contributed by atoms with Gasteiger partial charge in [0.25, 0.3) is 0 Å². The van der Waals surface area contributed by atoms with E-state index in [9.17, 15) is 13.2 Å². The average molecular weight is 308 g/mol. The molecule has 1 aromatic rings. The molecular weight excluding hydrogens is 295 g/mol. The second-order valence-electron chi connectivity index (χ2n) is 5.18. The third-order valence-corrected chi connectivity index (χ3v) is 3.52. The summed E-state index contributed by atoms with van der Waals surface area (Å²) in [4.78, 5) is 1.96. The molecule has 1 nitrogen and oxygen atoms in total. The van der Waals surface area contributed by atoms with Crippen molar-refractivity contribution in [3.63, 3.8) is 0 Å². The Kier molecular flexibility index (Phi) is 2.92. The van der Waals surface area contributed by atoms with Gasteiger partial charge in [0.1, 0.15) is 0 Å². The van der Waals surface area contributed by atoms with E-state index in [1.165, 1.54) is 12.1 Å². The van der Waals surface area contributed by atoms with Crippen LogP contribution in [0.2, 0.25) is 0 Å². The van der Waals surface area contributed by atoms with Crippen LogP contribution in [0.5, 0.6) is 0 Å². The Morgan fingerprint density at radius 1 is 1.24 bits per heavy atom. The molecule has 0 aromatic heterocycles. The molecule has 0 aliphatic carbocycles. The second kappa shape index (κ2) is 3.90. The molecule has 2 rings (SSSR count). The van der Waals surface area contributed by atoms with Crippen LogP contribution in [0.1, 0.15) is 19.4 Å². The molecule has 0 saturated carbocycles. The summed E-state index contributed by atoms with van der Waals surface area (Å²) in [5.41, 5.74) is 0.216. The van der Waals surface area contributed by atoms with Gasteiger partial charge in [0.2, 0.25) is 0 Å². The Labute approximate surface area is 107 Å². The van der Waals surface area contributed by atoms with Gasteiger partial charge in [-0.1, -0.05) is 13.8 Å². The van der Waals surface area contributed by atoms with Crippen molar-refractivity contribution in [1.82, 2.24) is 0 Å². The quantitative estimate of drug-likeness (QED) is 0.747. The number of benzene rings is 1. The Hall–Kier alpha value is -0.710. The Balaban J connectivity index is 2.29. The largest absolute Gasteiger partial charge is 0.416 e. The van der Waals surface area contributed by atoms with E-state index in [0.29, 0.717) is 10.2 Å². The summed E-state index contributed by atoms with van der Waals surface area (Å²) in [6, 6.07) is 3.77. The molecule has 94 valence electrons. The molecule has 1 aliphatic heterocycles. The van der Waals surface area contributed by atoms with E-state index in [0.717, 1.165) is 19.2 Å². The highest BCUT2D eigenvalue weighted by atomic mass is 79.9. The summed E-state index contributed by atoms with van der Waals surface area (Å²) in [5, 5.41) is 0. The van der Waals surface area contributed by atoms with Crippen LogP contribution in [-0.4, -0.2) is 13.1 Å². The smallest absolute Gasteiger partial charge is 0.369 e. The minimum atomic E-state index is -4.28. The first-order valence-electron chi connectivity index (χ1n) is 5.31. The van der Waals surface area contributed by atoms with Gasteiger partial charge in [0.15, 0.2) is 0 Å². The number of hydrogen-bond acceptors (Lipinski definition) is 1. The lowest BCUT2D eigenvalue weighted by Gasteiger charge is -2.47. The maximum atomic E-state index is 12.6. The van der Waals surface area contributed by atoms with E-state index < -0.39 is 11.7 Å². The molecular formula is C12H13BrF3N. The third-order valence-electron chi connectivity index (χ3n) is 2.85. The number of hydrogen-bond donors (Lipinski definition) is 0. The molecule has 0 spiro atoms. The zero-order valence-corrected chi connectivity index (χ0v) is 11.2. The van der Waals surface area contributed by atoms with Crippen molar-refractivity contribution in [2.24, 2.45) is 5.41 Å². The average Bonchev–Trinajstić information content (AvgIpc) is 2.13. The number of nitrogens with zero attached hydrogens (tertiary/aromatic N) is 1. The van der Waals surface area contributed by atoms with E-state index >= 15 is 0 Å². The zero-order chi connectivity index (χ0) is 12.8. The normalized spacial score (nSPS) is 19.1. The van der Waals surface area contributed by atoms with Crippen LogP contribution >= 0.6 is 15.9 Å². The SMILES string of the molecule is CC1(C)CN(c2cc(C(F)(F)F)ccc2Br)C1. The third kappa shape index (κ3) is 2.59. The topological polar surface area (TPSA) is 3.24 Å². The Morgan fingerprint density at radius 3 is 2.29 bits per heavy atom. The minimum absolute atomic E-state index is 0.188. The molecule has 0 amide bonds. The second-order valence-corrected chi connectivity index (χ2v) is 6.04. The van der Waals surface area contributed by atoms with Crippen LogP contribution in [0, 0.1) is 5.41 Å². The Morgan fingerprint density at radius 2 is 1.82 bits per heavy atom. The van der Waals surface area contributed by atoms with Crippen LogP contribution in [0.4, 0.5) is 18.9 Å². The van der Waals surface area contributed by atoms with Crippen molar-refractivity contribution in [3.8, 4) is 0 Å². The van der Waals surface area contributed by atoms with Crippen molar-refractivity contribution >= 4 is 21.6 Å². The lowest BCUT2D eigenvalue weighted by atomic mass is 9.84. The highest BCUT2D eigenvalue weighted by molar-refractivity contribution is 9.10. The molecule has 1 aliphatic rings. The van der Waals surface area contributed by atoms with Crippen LogP contribution in [0.3, 0.4) is 0 Å². The number of alkyl halides is 3. The summed E-state index contributed by atoms with van der Waals surface area (Å²) in [6.07, 6.45) is -4.28. The van der Waals surface area contributed by atoms with Crippen LogP contribution in [-0.2, 0) is 6.18 Å². The fourth-order valence-electron chi connectivity index (χ4n) is 2.09. The van der Waals surface area contributed by atoms with Crippen molar-refractivity contribution in [2.75, 3.05) is 18.0 Å². The number of halogens is 4. The van der Waals surface area contributed by atoms with Gasteiger partial charge in [-0.05, 0) is 39.5 Å². The van der Waals surface area contributed by atoms with Gasteiger partial charge < -0.3 is 4.90 Å². The molecule has 1 aromatic carbocycles. The van der Waals surface area contributed by atoms with Crippen molar-refractivity contribution in [3.05, 3.63) is 28.2 Å². The number of anilines is 1. The van der Waals surface area contributed by atoms with E-state index in [-0.39, 0.29) is 5.41 Å². The molecule has 0 radical (unpaired) electrons. The fourth-order valence-corrected chi connectivity index (χ4v) is 2.59. The highest BCUT2D eigenvalue weighted by Crippen LogP contribution is 2.40. The zero-order valence-electron chi connectivity index (χ0n) is 9.61. The van der Waals surface area contributed by atoms with Crippen molar-refractivity contribution in [1.29, 1.82) is 0 Å². The first-order valence-corrected chi connectivity index (χ1v) is 6.10. The van der Waals surface area contributed by atoms with Gasteiger partial charge >= 0.3 is 6.18 Å². The Bertz CT molecular complexity index is 432. The van der Waals surface area contributed by atoms with E-state index in [1.54, 1.807) is 0 Å². The van der Waals surface area contributed by atoms with Gasteiger partial charge in [-0.25, -0.2) is 0 Å². The predicted octanol–water partition coefficient (Wildman–Crippen LogP) is 4.31. The van der Waals surface area contributed by atoms with Gasteiger partial charge in [0, 0.05) is 17.6 Å². The van der Waals surface area contributed by atoms with Crippen molar-refractivity contribution in [2.45, 2.75) is 20.0 Å². The summed E-state index contributed by atoms with van der Waals surface area (Å²) in [5.74, 6) is 0. The lowest BCUT2D eigenvalue weighted by molar-refractivity contribution is -0.137. The molecule has 5 heteroatoms. The predicted molar refractivity (Wildman–Crippen MR) is 65.1 cm³/mol. The van der Waals surface area contributed by atoms with Crippen LogP contribution < -0.4 is 4.90 Å². The first-order chi connectivity index (χ1) is 7.69. The summed E-state index contributed by atoms with van der Waals surface area (Å²) in [7, 11) is 0. The molecule has 1 saturated heterocycles. The molecule has 0 N–H and O–H groups in total. The van der Waals surface area contributed by atoms with E-state index in [4.69, 9.17) is 0 Å². The van der Waals surface area contributed by atoms with E-state index in [2.05, 4.69) is 29.8 Å². The number of rotatable bonds is 1. The fraction of sp³-hybridized carbons (Fsp3) is 0.500. The standard InChI is InChI=1S/C12H13BrF3N/c1-11(2)6-17(7-11)10-5-8(12(14,15)16)3-4-9(10)13/h3-5H,6-7H2,1-2H3. The summed E-state index contributed by atoms with van der Waals surface area (Å²) in [6.45, 7) is 5.77. The summed E-state index contributed by atoms with van der Waals surface area (Å²) >= 11 is 3.30. The van der Waals surface area contributed by atoms with Gasteiger partial charge in [0.05, 0.1) is 11.3 Å². The van der Waals surface area contributed by atoms with Crippen molar-refractivity contribution < 1.29 is 13.2 Å². The maximum absolute atomic E-state index is 12.6. The molecule has 1 heterocycles. The minimum Gasteiger partial charge on any atom is -0.369 e. The monoisotopic (exact) mass is 307 g/mol. The van der Waals surface area contributed by atoms with Crippen LogP contribution in [0.25, 0.3) is 0 Å². The van der Waals surface area contributed by atoms with Gasteiger partial charge in [-0.15, -0.1) is 0 Å². The molecule has 1 fully saturated rings. The molecule has 0 bridgehead atoms. The molecule has 0 unspecified atom stereocenters.